The maximum Gasteiger partial charge on any atom is 0.407 e. The minimum Gasteiger partial charge on any atom is -0.465 e. The Morgan fingerprint density at radius 2 is 2.12 bits per heavy atom. The molecule has 1 aromatic rings. The van der Waals surface area contributed by atoms with Crippen LogP contribution < -0.4 is 4.90 Å². The maximum absolute atomic E-state index is 10.8. The minimum atomic E-state index is -0.837. The Morgan fingerprint density at radius 1 is 1.41 bits per heavy atom. The lowest BCUT2D eigenvalue weighted by atomic mass is 10.3. The fraction of sp³-hybridized carbons (Fsp3) is 0.455. The summed E-state index contributed by atoms with van der Waals surface area (Å²) in [4.78, 5) is 19.9. The van der Waals surface area contributed by atoms with Crippen molar-refractivity contribution in [3.63, 3.8) is 0 Å². The van der Waals surface area contributed by atoms with Crippen LogP contribution in [-0.4, -0.2) is 53.5 Å². The van der Waals surface area contributed by atoms with Crippen molar-refractivity contribution in [1.82, 2.24) is 9.88 Å². The van der Waals surface area contributed by atoms with Crippen LogP contribution in [0.15, 0.2) is 23.2 Å². The van der Waals surface area contributed by atoms with Crippen LogP contribution in [0.5, 0.6) is 0 Å². The summed E-state index contributed by atoms with van der Waals surface area (Å²) in [6, 6.07) is 3.96. The first kappa shape index (κ1) is 12.0. The van der Waals surface area contributed by atoms with E-state index in [1.54, 1.807) is 18.0 Å². The monoisotopic (exact) mass is 253 g/mol. The van der Waals surface area contributed by atoms with E-state index in [-0.39, 0.29) is 0 Å². The molecular formula is C11H15N3O2S. The number of hydrogen-bond acceptors (Lipinski definition) is 4. The molecule has 2 heterocycles. The van der Waals surface area contributed by atoms with Crippen LogP contribution in [0.2, 0.25) is 0 Å². The molecule has 2 rings (SSSR count). The molecule has 0 spiro atoms. The highest BCUT2D eigenvalue weighted by Crippen LogP contribution is 2.26. The molecule has 0 bridgehead atoms. The van der Waals surface area contributed by atoms with Crippen LogP contribution in [-0.2, 0) is 0 Å². The predicted molar refractivity (Wildman–Crippen MR) is 67.8 cm³/mol. The molecule has 1 fully saturated rings. The molecule has 17 heavy (non-hydrogen) atoms. The van der Waals surface area contributed by atoms with Crippen LogP contribution in [0.25, 0.3) is 0 Å². The molecule has 5 nitrogen and oxygen atoms in total. The van der Waals surface area contributed by atoms with E-state index in [4.69, 9.17) is 5.11 Å². The molecule has 0 atom stereocenters. The highest BCUT2D eigenvalue weighted by Gasteiger charge is 2.22. The first-order chi connectivity index (χ1) is 8.22. The third-order valence-corrected chi connectivity index (χ3v) is 3.58. The second-order valence-corrected chi connectivity index (χ2v) is 4.63. The summed E-state index contributed by atoms with van der Waals surface area (Å²) in [6.45, 7) is 2.49. The van der Waals surface area contributed by atoms with E-state index in [1.807, 2.05) is 18.4 Å². The van der Waals surface area contributed by atoms with Crippen molar-refractivity contribution in [2.75, 3.05) is 37.3 Å². The van der Waals surface area contributed by atoms with Crippen molar-refractivity contribution in [2.24, 2.45) is 0 Å². The smallest absolute Gasteiger partial charge is 0.407 e. The van der Waals surface area contributed by atoms with Gasteiger partial charge in [-0.1, -0.05) is 0 Å². The first-order valence-electron chi connectivity index (χ1n) is 5.44. The zero-order valence-corrected chi connectivity index (χ0v) is 10.5. The van der Waals surface area contributed by atoms with Gasteiger partial charge in [0.25, 0.3) is 0 Å². The number of piperazine rings is 1. The normalized spacial score (nSPS) is 16.1. The molecule has 0 saturated carbocycles. The quantitative estimate of drug-likeness (QED) is 0.811. The van der Waals surface area contributed by atoms with Crippen LogP contribution in [0.4, 0.5) is 10.6 Å². The molecule has 1 aromatic heterocycles. The van der Waals surface area contributed by atoms with Gasteiger partial charge >= 0.3 is 6.09 Å². The van der Waals surface area contributed by atoms with Crippen molar-refractivity contribution in [3.8, 4) is 0 Å². The molecule has 0 aromatic carbocycles. The molecular weight excluding hydrogens is 238 g/mol. The predicted octanol–water partition coefficient (Wildman–Crippen LogP) is 1.60. The van der Waals surface area contributed by atoms with E-state index in [0.29, 0.717) is 26.2 Å². The van der Waals surface area contributed by atoms with Crippen LogP contribution in [0.1, 0.15) is 0 Å². The average Bonchev–Trinajstić information content (AvgIpc) is 2.39. The van der Waals surface area contributed by atoms with Crippen molar-refractivity contribution in [2.45, 2.75) is 4.90 Å². The second kappa shape index (κ2) is 5.27. The zero-order valence-electron chi connectivity index (χ0n) is 9.67. The summed E-state index contributed by atoms with van der Waals surface area (Å²) in [5, 5.41) is 8.88. The summed E-state index contributed by atoms with van der Waals surface area (Å²) in [7, 11) is 0. The lowest BCUT2D eigenvalue weighted by Gasteiger charge is -2.34. The zero-order chi connectivity index (χ0) is 12.3. The Balaban J connectivity index is 2.07. The number of hydrogen-bond donors (Lipinski definition) is 1. The fourth-order valence-corrected chi connectivity index (χ4v) is 2.47. The Morgan fingerprint density at radius 3 is 2.71 bits per heavy atom. The lowest BCUT2D eigenvalue weighted by molar-refractivity contribution is 0.142. The second-order valence-electron chi connectivity index (χ2n) is 3.79. The van der Waals surface area contributed by atoms with Gasteiger partial charge in [0.05, 0.1) is 0 Å². The third-order valence-electron chi connectivity index (χ3n) is 2.82. The van der Waals surface area contributed by atoms with E-state index < -0.39 is 6.09 Å². The van der Waals surface area contributed by atoms with E-state index in [1.165, 1.54) is 4.90 Å². The summed E-state index contributed by atoms with van der Waals surface area (Å²) >= 11 is 1.66. The Hall–Kier alpha value is -1.43. The van der Waals surface area contributed by atoms with Crippen LogP contribution in [0, 0.1) is 0 Å². The highest BCUT2D eigenvalue weighted by atomic mass is 32.2. The minimum absolute atomic E-state index is 0.541. The summed E-state index contributed by atoms with van der Waals surface area (Å²) in [6.07, 6.45) is 2.96. The van der Waals surface area contributed by atoms with Crippen molar-refractivity contribution >= 4 is 23.7 Å². The fourth-order valence-electron chi connectivity index (χ4n) is 1.89. The molecule has 1 N–H and O–H groups in total. The molecule has 92 valence electrons. The number of nitrogens with zero attached hydrogens (tertiary/aromatic N) is 3. The number of pyridine rings is 1. The van der Waals surface area contributed by atoms with Crippen molar-refractivity contribution in [1.29, 1.82) is 0 Å². The van der Waals surface area contributed by atoms with E-state index in [0.717, 1.165) is 10.7 Å². The molecule has 1 amide bonds. The molecule has 1 aliphatic heterocycles. The molecule has 0 radical (unpaired) electrons. The van der Waals surface area contributed by atoms with Gasteiger partial charge in [-0.05, 0) is 18.4 Å². The highest BCUT2D eigenvalue weighted by molar-refractivity contribution is 7.98. The maximum atomic E-state index is 10.8. The van der Waals surface area contributed by atoms with E-state index in [2.05, 4.69) is 9.88 Å². The Kier molecular flexibility index (Phi) is 3.73. The largest absolute Gasteiger partial charge is 0.465 e. The third kappa shape index (κ3) is 2.63. The van der Waals surface area contributed by atoms with Gasteiger partial charge in [0.15, 0.2) is 0 Å². The van der Waals surface area contributed by atoms with Gasteiger partial charge in [0, 0.05) is 37.3 Å². The van der Waals surface area contributed by atoms with Gasteiger partial charge in [-0.15, -0.1) is 11.8 Å². The molecule has 0 unspecified atom stereocenters. The van der Waals surface area contributed by atoms with Gasteiger partial charge in [-0.2, -0.15) is 0 Å². The van der Waals surface area contributed by atoms with Crippen LogP contribution in [0.3, 0.4) is 0 Å². The van der Waals surface area contributed by atoms with Crippen LogP contribution >= 0.6 is 11.8 Å². The van der Waals surface area contributed by atoms with Gasteiger partial charge in [0.2, 0.25) is 0 Å². The number of anilines is 1. The molecule has 0 aliphatic carbocycles. The molecule has 6 heteroatoms. The number of carbonyl (C=O) groups is 1. The number of amides is 1. The first-order valence-corrected chi connectivity index (χ1v) is 6.66. The lowest BCUT2D eigenvalue weighted by Crippen LogP contribution is -2.48. The number of aromatic nitrogens is 1. The molecule has 1 saturated heterocycles. The molecule has 1 aliphatic rings. The number of carboxylic acid groups (broad SMARTS) is 1. The Bertz CT molecular complexity index is 405. The average molecular weight is 253 g/mol. The van der Waals surface area contributed by atoms with Gasteiger partial charge in [0.1, 0.15) is 5.82 Å². The van der Waals surface area contributed by atoms with Crippen molar-refractivity contribution < 1.29 is 9.90 Å². The Labute approximate surface area is 104 Å². The van der Waals surface area contributed by atoms with E-state index in [9.17, 15) is 4.79 Å². The van der Waals surface area contributed by atoms with E-state index >= 15 is 0 Å². The standard InChI is InChI=1S/C11H15N3O2S/c1-17-9-3-2-4-12-10(9)13-5-7-14(8-6-13)11(15)16/h2-4H,5-8H2,1H3,(H,15,16). The summed E-state index contributed by atoms with van der Waals surface area (Å²) < 4.78 is 0. The van der Waals surface area contributed by atoms with Gasteiger partial charge < -0.3 is 14.9 Å². The van der Waals surface area contributed by atoms with Gasteiger partial charge in [-0.25, -0.2) is 9.78 Å². The van der Waals surface area contributed by atoms with Gasteiger partial charge in [-0.3, -0.25) is 0 Å². The summed E-state index contributed by atoms with van der Waals surface area (Å²) in [5.41, 5.74) is 0. The SMILES string of the molecule is CSc1cccnc1N1CCN(C(=O)O)CC1. The number of thioether (sulfide) groups is 1. The topological polar surface area (TPSA) is 56.7 Å². The van der Waals surface area contributed by atoms with Crippen molar-refractivity contribution in [3.05, 3.63) is 18.3 Å². The number of rotatable bonds is 2. The summed E-state index contributed by atoms with van der Waals surface area (Å²) in [5.74, 6) is 0.963.